The highest BCUT2D eigenvalue weighted by Gasteiger charge is 2.34. The molecule has 1 aliphatic carbocycles. The van der Waals surface area contributed by atoms with E-state index in [1.54, 1.807) is 42.5 Å². The van der Waals surface area contributed by atoms with E-state index >= 15 is 0 Å². The zero-order valence-electron chi connectivity index (χ0n) is 18.9. The molecule has 32 heavy (non-hydrogen) atoms. The van der Waals surface area contributed by atoms with Crippen molar-refractivity contribution in [2.45, 2.75) is 46.1 Å². The summed E-state index contributed by atoms with van der Waals surface area (Å²) in [4.78, 5) is 38.0. The predicted molar refractivity (Wildman–Crippen MR) is 122 cm³/mol. The van der Waals surface area contributed by atoms with Gasteiger partial charge in [0, 0.05) is 11.3 Å². The third-order valence-electron chi connectivity index (χ3n) is 6.15. The van der Waals surface area contributed by atoms with Crippen molar-refractivity contribution >= 4 is 23.4 Å². The zero-order valence-corrected chi connectivity index (χ0v) is 18.9. The molecule has 0 bridgehead atoms. The van der Waals surface area contributed by atoms with Gasteiger partial charge in [0.15, 0.2) is 12.4 Å². The van der Waals surface area contributed by atoms with Gasteiger partial charge in [0.25, 0.3) is 0 Å². The van der Waals surface area contributed by atoms with Gasteiger partial charge in [-0.3, -0.25) is 4.79 Å². The Balaban J connectivity index is 1.69. The van der Waals surface area contributed by atoms with Gasteiger partial charge >= 0.3 is 11.9 Å². The molecule has 3 atom stereocenters. The second kappa shape index (κ2) is 10.4. The Kier molecular flexibility index (Phi) is 7.67. The molecule has 2 aromatic carbocycles. The number of carbonyl (C=O) groups is 3. The number of ketones is 1. The van der Waals surface area contributed by atoms with Gasteiger partial charge in [0.05, 0.1) is 11.1 Å². The van der Waals surface area contributed by atoms with Crippen LogP contribution in [0.4, 0.5) is 5.69 Å². The average Bonchev–Trinajstić information content (AvgIpc) is 2.77. The molecule has 6 heteroatoms. The van der Waals surface area contributed by atoms with E-state index in [0.29, 0.717) is 29.0 Å². The number of benzene rings is 2. The standard InChI is InChI=1S/C26H31NO5/c1-16(2)20-13-8-17(3)14-24(20)32-26(30)22-7-5-4-6-21(22)25(29)31-15-23(28)18-9-11-19(27)12-10-18/h4-7,9-12,16-17,20,24H,8,13-15,27H2,1-3H3. The highest BCUT2D eigenvalue weighted by atomic mass is 16.5. The lowest BCUT2D eigenvalue weighted by Crippen LogP contribution is -2.36. The fourth-order valence-electron chi connectivity index (χ4n) is 4.25. The lowest BCUT2D eigenvalue weighted by Gasteiger charge is -2.36. The van der Waals surface area contributed by atoms with Crippen LogP contribution < -0.4 is 5.73 Å². The molecule has 1 aliphatic rings. The summed E-state index contributed by atoms with van der Waals surface area (Å²) in [7, 11) is 0. The third kappa shape index (κ3) is 5.75. The van der Waals surface area contributed by atoms with Crippen LogP contribution in [0.2, 0.25) is 0 Å². The maximum atomic E-state index is 13.0. The highest BCUT2D eigenvalue weighted by Crippen LogP contribution is 2.35. The number of anilines is 1. The summed E-state index contributed by atoms with van der Waals surface area (Å²) in [5.41, 5.74) is 6.80. The Morgan fingerprint density at radius 1 is 0.969 bits per heavy atom. The summed E-state index contributed by atoms with van der Waals surface area (Å²) < 4.78 is 11.1. The Morgan fingerprint density at radius 2 is 1.59 bits per heavy atom. The van der Waals surface area contributed by atoms with Crippen LogP contribution in [0.3, 0.4) is 0 Å². The minimum atomic E-state index is -0.737. The minimum absolute atomic E-state index is 0.0903. The molecule has 0 heterocycles. The molecule has 170 valence electrons. The molecule has 0 radical (unpaired) electrons. The van der Waals surface area contributed by atoms with E-state index in [0.717, 1.165) is 19.3 Å². The number of hydrogen-bond acceptors (Lipinski definition) is 6. The van der Waals surface area contributed by atoms with Gasteiger partial charge in [-0.05, 0) is 67.0 Å². The van der Waals surface area contributed by atoms with E-state index in [2.05, 4.69) is 20.8 Å². The van der Waals surface area contributed by atoms with Gasteiger partial charge in [0.1, 0.15) is 6.10 Å². The monoisotopic (exact) mass is 437 g/mol. The Morgan fingerprint density at radius 3 is 2.22 bits per heavy atom. The van der Waals surface area contributed by atoms with E-state index in [1.165, 1.54) is 6.07 Å². The molecular formula is C26H31NO5. The van der Waals surface area contributed by atoms with E-state index in [1.807, 2.05) is 0 Å². The molecule has 1 fully saturated rings. The smallest absolute Gasteiger partial charge is 0.339 e. The summed E-state index contributed by atoms with van der Waals surface area (Å²) in [5, 5.41) is 0. The maximum Gasteiger partial charge on any atom is 0.339 e. The van der Waals surface area contributed by atoms with Crippen LogP contribution in [-0.4, -0.2) is 30.4 Å². The molecule has 2 N–H and O–H groups in total. The summed E-state index contributed by atoms with van der Waals surface area (Å²) >= 11 is 0. The van der Waals surface area contributed by atoms with Gasteiger partial charge in [0.2, 0.25) is 0 Å². The van der Waals surface area contributed by atoms with Crippen molar-refractivity contribution in [3.8, 4) is 0 Å². The minimum Gasteiger partial charge on any atom is -0.458 e. The van der Waals surface area contributed by atoms with Gasteiger partial charge in [-0.1, -0.05) is 39.3 Å². The van der Waals surface area contributed by atoms with E-state index in [4.69, 9.17) is 15.2 Å². The van der Waals surface area contributed by atoms with E-state index in [9.17, 15) is 14.4 Å². The lowest BCUT2D eigenvalue weighted by atomic mass is 9.75. The number of nitrogen functional groups attached to an aromatic ring is 1. The first kappa shape index (κ1) is 23.5. The van der Waals surface area contributed by atoms with Crippen molar-refractivity contribution in [3.05, 3.63) is 65.2 Å². The number of hydrogen-bond donors (Lipinski definition) is 1. The lowest BCUT2D eigenvalue weighted by molar-refractivity contribution is -0.0176. The molecule has 0 aromatic heterocycles. The van der Waals surface area contributed by atoms with E-state index in [-0.39, 0.29) is 23.0 Å². The molecule has 0 spiro atoms. The fourth-order valence-corrected chi connectivity index (χ4v) is 4.25. The molecule has 3 rings (SSSR count). The van der Waals surface area contributed by atoms with Crippen LogP contribution >= 0.6 is 0 Å². The summed E-state index contributed by atoms with van der Waals surface area (Å²) in [6.45, 7) is 6.03. The fraction of sp³-hybridized carbons (Fsp3) is 0.423. The van der Waals surface area contributed by atoms with Gasteiger partial charge in [-0.15, -0.1) is 0 Å². The van der Waals surface area contributed by atoms with Crippen molar-refractivity contribution in [2.75, 3.05) is 12.3 Å². The number of esters is 2. The second-order valence-corrected chi connectivity index (χ2v) is 8.94. The Hall–Kier alpha value is -3.15. The second-order valence-electron chi connectivity index (χ2n) is 8.94. The number of nitrogens with two attached hydrogens (primary N) is 1. The van der Waals surface area contributed by atoms with Crippen LogP contribution in [0, 0.1) is 17.8 Å². The molecule has 0 amide bonds. The number of rotatable bonds is 7. The molecule has 0 aliphatic heterocycles. The summed E-state index contributed by atoms with van der Waals surface area (Å²) in [6, 6.07) is 12.8. The number of ether oxygens (including phenoxy) is 2. The number of Topliss-reactive ketones (excluding diaryl/α,β-unsaturated/α-hetero) is 1. The normalized spacial score (nSPS) is 20.6. The molecule has 6 nitrogen and oxygen atoms in total. The highest BCUT2D eigenvalue weighted by molar-refractivity contribution is 6.04. The molecule has 2 aromatic rings. The quantitative estimate of drug-likeness (QED) is 0.375. The Labute approximate surface area is 189 Å². The van der Waals surface area contributed by atoms with Gasteiger partial charge in [-0.25, -0.2) is 9.59 Å². The average molecular weight is 438 g/mol. The first-order valence-electron chi connectivity index (χ1n) is 11.1. The van der Waals surface area contributed by atoms with Gasteiger partial charge < -0.3 is 15.2 Å². The molecule has 3 unspecified atom stereocenters. The van der Waals surface area contributed by atoms with Crippen molar-refractivity contribution in [3.63, 3.8) is 0 Å². The van der Waals surface area contributed by atoms with Crippen LogP contribution in [0.25, 0.3) is 0 Å². The van der Waals surface area contributed by atoms with Crippen LogP contribution in [0.15, 0.2) is 48.5 Å². The third-order valence-corrected chi connectivity index (χ3v) is 6.15. The first-order valence-corrected chi connectivity index (χ1v) is 11.1. The summed E-state index contributed by atoms with van der Waals surface area (Å²) in [6.07, 6.45) is 2.79. The molecule has 1 saturated carbocycles. The summed E-state index contributed by atoms with van der Waals surface area (Å²) in [5.74, 6) is -0.436. The number of carbonyl (C=O) groups excluding carboxylic acids is 3. The van der Waals surface area contributed by atoms with Crippen LogP contribution in [0.1, 0.15) is 71.1 Å². The first-order chi connectivity index (χ1) is 15.3. The molecular weight excluding hydrogens is 406 g/mol. The van der Waals surface area contributed by atoms with Crippen LogP contribution in [-0.2, 0) is 9.47 Å². The zero-order chi connectivity index (χ0) is 23.3. The SMILES string of the molecule is CC1CCC(C(C)C)C(OC(=O)c2ccccc2C(=O)OCC(=O)c2ccc(N)cc2)C1. The molecule has 0 saturated heterocycles. The largest absolute Gasteiger partial charge is 0.458 e. The maximum absolute atomic E-state index is 13.0. The van der Waals surface area contributed by atoms with E-state index < -0.39 is 18.5 Å². The van der Waals surface area contributed by atoms with Crippen molar-refractivity contribution in [1.29, 1.82) is 0 Å². The van der Waals surface area contributed by atoms with Crippen LogP contribution in [0.5, 0.6) is 0 Å². The topological polar surface area (TPSA) is 95.7 Å². The van der Waals surface area contributed by atoms with Gasteiger partial charge in [-0.2, -0.15) is 0 Å². The van der Waals surface area contributed by atoms with Crippen molar-refractivity contribution in [1.82, 2.24) is 0 Å². The predicted octanol–water partition coefficient (Wildman–Crippen LogP) is 4.93. The Bertz CT molecular complexity index is 966. The van der Waals surface area contributed by atoms with Crippen molar-refractivity contribution in [2.24, 2.45) is 17.8 Å². The van der Waals surface area contributed by atoms with Crippen molar-refractivity contribution < 1.29 is 23.9 Å².